The Bertz CT molecular complexity index is 791. The number of carbonyl (C=O) groups excluding carboxylic acids is 2. The number of likely N-dealkylation sites (N-methyl/N-ethyl adjacent to an activating group) is 1. The number of anilines is 1. The van der Waals surface area contributed by atoms with Crippen molar-refractivity contribution in [2.75, 3.05) is 26.0 Å². The quantitative estimate of drug-likeness (QED) is 0.831. The van der Waals surface area contributed by atoms with E-state index in [-0.39, 0.29) is 18.4 Å². The largest absolute Gasteiger partial charge is 0.484 e. The van der Waals surface area contributed by atoms with Crippen LogP contribution in [-0.4, -0.2) is 37.4 Å². The van der Waals surface area contributed by atoms with Gasteiger partial charge in [-0.1, -0.05) is 12.1 Å². The fourth-order valence-corrected chi connectivity index (χ4v) is 2.14. The second kappa shape index (κ2) is 9.23. The number of nitriles is 1. The van der Waals surface area contributed by atoms with E-state index in [4.69, 9.17) is 10.00 Å². The highest BCUT2D eigenvalue weighted by Crippen LogP contribution is 2.16. The maximum Gasteiger partial charge on any atom is 0.259 e. The molecule has 2 aromatic carbocycles. The van der Waals surface area contributed by atoms with Gasteiger partial charge in [0.1, 0.15) is 5.75 Å². The Morgan fingerprint density at radius 2 is 1.73 bits per heavy atom. The number of aryl methyl sites for hydroxylation is 1. The molecule has 134 valence electrons. The summed E-state index contributed by atoms with van der Waals surface area (Å²) in [6, 6.07) is 16.1. The Morgan fingerprint density at radius 1 is 1.08 bits per heavy atom. The molecular formula is C20H21N3O3. The first kappa shape index (κ1) is 19.0. The summed E-state index contributed by atoms with van der Waals surface area (Å²) >= 11 is 0. The topological polar surface area (TPSA) is 82.4 Å². The van der Waals surface area contributed by atoms with Crippen LogP contribution >= 0.6 is 0 Å². The summed E-state index contributed by atoms with van der Waals surface area (Å²) < 4.78 is 5.39. The van der Waals surface area contributed by atoms with E-state index in [0.717, 1.165) is 5.56 Å². The molecule has 0 aliphatic carbocycles. The molecule has 0 heterocycles. The Hall–Kier alpha value is -3.33. The number of ether oxygens (including phenoxy) is 1. The van der Waals surface area contributed by atoms with Crippen molar-refractivity contribution < 1.29 is 14.3 Å². The molecule has 6 nitrogen and oxygen atoms in total. The lowest BCUT2D eigenvalue weighted by Crippen LogP contribution is -2.27. The molecule has 1 N–H and O–H groups in total. The van der Waals surface area contributed by atoms with Gasteiger partial charge >= 0.3 is 0 Å². The Labute approximate surface area is 153 Å². The molecule has 0 aromatic heterocycles. The summed E-state index contributed by atoms with van der Waals surface area (Å²) in [4.78, 5) is 25.0. The van der Waals surface area contributed by atoms with Crippen LogP contribution in [0.15, 0.2) is 48.5 Å². The van der Waals surface area contributed by atoms with Crippen LogP contribution in [0, 0.1) is 11.3 Å². The predicted octanol–water partition coefficient (Wildman–Crippen LogP) is 2.60. The van der Waals surface area contributed by atoms with E-state index < -0.39 is 0 Å². The summed E-state index contributed by atoms with van der Waals surface area (Å²) in [5.41, 5.74) is 2.28. The molecule has 0 aliphatic heterocycles. The first-order chi connectivity index (χ1) is 12.5. The van der Waals surface area contributed by atoms with Crippen LogP contribution in [0.25, 0.3) is 0 Å². The van der Waals surface area contributed by atoms with Crippen molar-refractivity contribution in [3.05, 3.63) is 59.7 Å². The van der Waals surface area contributed by atoms with Crippen LogP contribution in [0.5, 0.6) is 5.75 Å². The van der Waals surface area contributed by atoms with E-state index >= 15 is 0 Å². The predicted molar refractivity (Wildman–Crippen MR) is 98.7 cm³/mol. The highest BCUT2D eigenvalue weighted by atomic mass is 16.5. The minimum atomic E-state index is -0.120. The number of nitrogens with zero attached hydrogens (tertiary/aromatic N) is 2. The van der Waals surface area contributed by atoms with Crippen LogP contribution < -0.4 is 10.1 Å². The van der Waals surface area contributed by atoms with Gasteiger partial charge in [-0.15, -0.1) is 0 Å². The molecule has 6 heteroatoms. The number of amides is 2. The average Bonchev–Trinajstić information content (AvgIpc) is 2.65. The Balaban J connectivity index is 1.79. The number of rotatable bonds is 7. The summed E-state index contributed by atoms with van der Waals surface area (Å²) in [7, 11) is 3.34. The van der Waals surface area contributed by atoms with Crippen LogP contribution in [-0.2, 0) is 16.0 Å². The number of benzene rings is 2. The normalized spacial score (nSPS) is 9.88. The number of carbonyl (C=O) groups is 2. The highest BCUT2D eigenvalue weighted by Gasteiger charge is 2.06. The molecule has 0 aliphatic rings. The van der Waals surface area contributed by atoms with Gasteiger partial charge in [0.05, 0.1) is 11.6 Å². The molecule has 2 rings (SSSR count). The van der Waals surface area contributed by atoms with Crippen molar-refractivity contribution in [1.29, 1.82) is 5.26 Å². The molecule has 0 spiro atoms. The van der Waals surface area contributed by atoms with Crippen LogP contribution in [0.3, 0.4) is 0 Å². The van der Waals surface area contributed by atoms with Gasteiger partial charge in [-0.2, -0.15) is 5.26 Å². The maximum atomic E-state index is 12.0. The lowest BCUT2D eigenvalue weighted by Gasteiger charge is -2.11. The van der Waals surface area contributed by atoms with Crippen LogP contribution in [0.1, 0.15) is 17.5 Å². The first-order valence-corrected chi connectivity index (χ1v) is 8.20. The monoisotopic (exact) mass is 351 g/mol. The third-order valence-electron chi connectivity index (χ3n) is 3.72. The second-order valence-corrected chi connectivity index (χ2v) is 5.96. The molecule has 0 saturated heterocycles. The molecule has 0 bridgehead atoms. The standard InChI is InChI=1S/C20H21N3O3/c1-23(2)20(25)14-26-18-10-8-17(9-11-18)22-19(24)12-7-15-3-5-16(13-21)6-4-15/h3-6,8-11H,7,12,14H2,1-2H3,(H,22,24). The minimum absolute atomic E-state index is 0.0245. The molecule has 2 aromatic rings. The van der Waals surface area contributed by atoms with E-state index in [1.54, 1.807) is 50.5 Å². The van der Waals surface area contributed by atoms with E-state index in [0.29, 0.717) is 29.8 Å². The first-order valence-electron chi connectivity index (χ1n) is 8.20. The zero-order valence-corrected chi connectivity index (χ0v) is 14.9. The van der Waals surface area contributed by atoms with Crippen molar-refractivity contribution in [3.8, 4) is 11.8 Å². The van der Waals surface area contributed by atoms with Gasteiger partial charge in [-0.25, -0.2) is 0 Å². The zero-order valence-electron chi connectivity index (χ0n) is 14.9. The van der Waals surface area contributed by atoms with Crippen LogP contribution in [0.2, 0.25) is 0 Å². The van der Waals surface area contributed by atoms with Gasteiger partial charge in [-0.3, -0.25) is 9.59 Å². The smallest absolute Gasteiger partial charge is 0.259 e. The Kier molecular flexibility index (Phi) is 6.75. The molecule has 0 fully saturated rings. The average molecular weight is 351 g/mol. The van der Waals surface area contributed by atoms with Gasteiger partial charge in [-0.05, 0) is 48.4 Å². The molecule has 0 unspecified atom stereocenters. The van der Waals surface area contributed by atoms with E-state index in [2.05, 4.69) is 11.4 Å². The number of nitrogens with one attached hydrogen (secondary N) is 1. The van der Waals surface area contributed by atoms with Gasteiger partial charge < -0.3 is 15.0 Å². The Morgan fingerprint density at radius 3 is 2.31 bits per heavy atom. The van der Waals surface area contributed by atoms with Gasteiger partial charge in [0, 0.05) is 26.2 Å². The van der Waals surface area contributed by atoms with E-state index in [1.165, 1.54) is 4.90 Å². The fraction of sp³-hybridized carbons (Fsp3) is 0.250. The molecule has 0 atom stereocenters. The second-order valence-electron chi connectivity index (χ2n) is 5.96. The minimum Gasteiger partial charge on any atom is -0.484 e. The molecule has 26 heavy (non-hydrogen) atoms. The van der Waals surface area contributed by atoms with Crippen molar-refractivity contribution in [2.24, 2.45) is 0 Å². The van der Waals surface area contributed by atoms with E-state index in [1.807, 2.05) is 12.1 Å². The van der Waals surface area contributed by atoms with Gasteiger partial charge in [0.15, 0.2) is 6.61 Å². The highest BCUT2D eigenvalue weighted by molar-refractivity contribution is 5.90. The third-order valence-corrected chi connectivity index (χ3v) is 3.72. The third kappa shape index (κ3) is 5.95. The summed E-state index contributed by atoms with van der Waals surface area (Å²) in [5.74, 6) is 0.353. The molecular weight excluding hydrogens is 330 g/mol. The SMILES string of the molecule is CN(C)C(=O)COc1ccc(NC(=O)CCc2ccc(C#N)cc2)cc1. The van der Waals surface area contributed by atoms with E-state index in [9.17, 15) is 9.59 Å². The molecule has 0 saturated carbocycles. The molecule has 0 radical (unpaired) electrons. The van der Waals surface area contributed by atoms with Gasteiger partial charge in [0.2, 0.25) is 5.91 Å². The molecule has 2 amide bonds. The summed E-state index contributed by atoms with van der Waals surface area (Å²) in [5, 5.41) is 11.6. The van der Waals surface area contributed by atoms with Crippen LogP contribution in [0.4, 0.5) is 5.69 Å². The maximum absolute atomic E-state index is 12.0. The fourth-order valence-electron chi connectivity index (χ4n) is 2.14. The van der Waals surface area contributed by atoms with Crippen molar-refractivity contribution in [1.82, 2.24) is 4.90 Å². The lowest BCUT2D eigenvalue weighted by atomic mass is 10.1. The van der Waals surface area contributed by atoms with Gasteiger partial charge in [0.25, 0.3) is 5.91 Å². The summed E-state index contributed by atoms with van der Waals surface area (Å²) in [6.45, 7) is -0.0245. The lowest BCUT2D eigenvalue weighted by molar-refractivity contribution is -0.130. The van der Waals surface area contributed by atoms with Crippen molar-refractivity contribution in [3.63, 3.8) is 0 Å². The summed E-state index contributed by atoms with van der Waals surface area (Å²) in [6.07, 6.45) is 0.951. The number of hydrogen-bond donors (Lipinski definition) is 1. The van der Waals surface area contributed by atoms with Crippen molar-refractivity contribution in [2.45, 2.75) is 12.8 Å². The zero-order chi connectivity index (χ0) is 18.9. The van der Waals surface area contributed by atoms with Crippen molar-refractivity contribution >= 4 is 17.5 Å². The number of hydrogen-bond acceptors (Lipinski definition) is 4.